The predicted octanol–water partition coefficient (Wildman–Crippen LogP) is 1.33. The Morgan fingerprint density at radius 2 is 2.35 bits per heavy atom. The Bertz CT molecular complexity index is 365. The van der Waals surface area contributed by atoms with Crippen LogP contribution in [0.25, 0.3) is 0 Å². The number of carbonyl (C=O) groups is 1. The highest BCUT2D eigenvalue weighted by Gasteiger charge is 2.14. The molecule has 0 aromatic carbocycles. The molecule has 6 heteroatoms. The van der Waals surface area contributed by atoms with Crippen molar-refractivity contribution in [1.82, 2.24) is 15.1 Å². The average Bonchev–Trinajstić information content (AvgIpc) is 2.76. The van der Waals surface area contributed by atoms with Gasteiger partial charge in [-0.15, -0.1) is 11.6 Å². The fourth-order valence-corrected chi connectivity index (χ4v) is 1.50. The number of ether oxygens (including phenoxy) is 1. The molecular weight excluding hydrogens is 242 g/mol. The monoisotopic (exact) mass is 259 g/mol. The molecule has 1 atom stereocenters. The lowest BCUT2D eigenvalue weighted by molar-refractivity contribution is -0.140. The SMILES string of the molecule is COC(=O)C(Cl)CNCc1ccn(C(C)C)n1. The van der Waals surface area contributed by atoms with Crippen molar-refractivity contribution in [3.8, 4) is 0 Å². The Morgan fingerprint density at radius 3 is 2.88 bits per heavy atom. The fourth-order valence-electron chi connectivity index (χ4n) is 1.30. The first kappa shape index (κ1) is 14.0. The van der Waals surface area contributed by atoms with E-state index in [1.807, 2.05) is 16.9 Å². The maximum atomic E-state index is 11.0. The molecule has 0 aliphatic rings. The van der Waals surface area contributed by atoms with Crippen LogP contribution in [0.4, 0.5) is 0 Å². The van der Waals surface area contributed by atoms with Crippen LogP contribution in [-0.2, 0) is 16.1 Å². The molecule has 0 saturated carbocycles. The second-order valence-electron chi connectivity index (χ2n) is 4.00. The molecule has 0 spiro atoms. The number of aromatic nitrogens is 2. The van der Waals surface area contributed by atoms with E-state index in [0.29, 0.717) is 19.1 Å². The summed E-state index contributed by atoms with van der Waals surface area (Å²) >= 11 is 5.79. The molecule has 1 N–H and O–H groups in total. The molecule has 0 aliphatic heterocycles. The van der Waals surface area contributed by atoms with E-state index in [-0.39, 0.29) is 0 Å². The van der Waals surface area contributed by atoms with Crippen LogP contribution < -0.4 is 5.32 Å². The van der Waals surface area contributed by atoms with Gasteiger partial charge in [-0.05, 0) is 19.9 Å². The number of halogens is 1. The van der Waals surface area contributed by atoms with E-state index in [9.17, 15) is 4.79 Å². The van der Waals surface area contributed by atoms with Gasteiger partial charge in [-0.25, -0.2) is 0 Å². The van der Waals surface area contributed by atoms with Gasteiger partial charge >= 0.3 is 5.97 Å². The molecular formula is C11H18ClN3O2. The summed E-state index contributed by atoms with van der Waals surface area (Å²) in [6.45, 7) is 5.08. The first-order valence-electron chi connectivity index (χ1n) is 5.51. The van der Waals surface area contributed by atoms with E-state index in [1.54, 1.807) is 0 Å². The Hall–Kier alpha value is -1.07. The van der Waals surface area contributed by atoms with E-state index >= 15 is 0 Å². The number of alkyl halides is 1. The number of hydrogen-bond acceptors (Lipinski definition) is 4. The number of methoxy groups -OCH3 is 1. The fraction of sp³-hybridized carbons (Fsp3) is 0.636. The third-order valence-corrected chi connectivity index (χ3v) is 2.61. The van der Waals surface area contributed by atoms with Gasteiger partial charge in [0, 0.05) is 25.3 Å². The van der Waals surface area contributed by atoms with Crippen LogP contribution in [0.3, 0.4) is 0 Å². The zero-order valence-corrected chi connectivity index (χ0v) is 11.1. The van der Waals surface area contributed by atoms with Gasteiger partial charge in [0.25, 0.3) is 0 Å². The smallest absolute Gasteiger partial charge is 0.325 e. The standard InChI is InChI=1S/C11H18ClN3O2/c1-8(2)15-5-4-9(14-15)6-13-7-10(12)11(16)17-3/h4-5,8,10,13H,6-7H2,1-3H3. The molecule has 1 aromatic rings. The summed E-state index contributed by atoms with van der Waals surface area (Å²) in [6, 6.07) is 2.29. The van der Waals surface area contributed by atoms with Crippen molar-refractivity contribution in [2.24, 2.45) is 0 Å². The number of rotatable bonds is 6. The summed E-state index contributed by atoms with van der Waals surface area (Å²) in [6.07, 6.45) is 1.93. The van der Waals surface area contributed by atoms with Gasteiger partial charge in [-0.2, -0.15) is 5.10 Å². The molecule has 17 heavy (non-hydrogen) atoms. The minimum atomic E-state index is -0.660. The van der Waals surface area contributed by atoms with Gasteiger partial charge in [0.1, 0.15) is 5.38 Å². The molecule has 0 amide bonds. The van der Waals surface area contributed by atoms with Crippen molar-refractivity contribution in [3.63, 3.8) is 0 Å². The molecule has 1 rings (SSSR count). The lowest BCUT2D eigenvalue weighted by Gasteiger charge is -2.08. The van der Waals surface area contributed by atoms with Crippen LogP contribution in [-0.4, -0.2) is 34.8 Å². The molecule has 0 saturated heterocycles. The van der Waals surface area contributed by atoms with Crippen molar-refractivity contribution in [1.29, 1.82) is 0 Å². The van der Waals surface area contributed by atoms with Crippen molar-refractivity contribution in [2.45, 2.75) is 31.8 Å². The Balaban J connectivity index is 2.33. The molecule has 1 aromatic heterocycles. The highest BCUT2D eigenvalue weighted by molar-refractivity contribution is 6.30. The molecule has 5 nitrogen and oxygen atoms in total. The van der Waals surface area contributed by atoms with E-state index in [2.05, 4.69) is 29.0 Å². The molecule has 1 unspecified atom stereocenters. The van der Waals surface area contributed by atoms with E-state index < -0.39 is 11.3 Å². The van der Waals surface area contributed by atoms with Crippen LogP contribution in [0.5, 0.6) is 0 Å². The van der Waals surface area contributed by atoms with Crippen LogP contribution >= 0.6 is 11.6 Å². The third-order valence-electron chi connectivity index (χ3n) is 2.28. The minimum Gasteiger partial charge on any atom is -0.468 e. The van der Waals surface area contributed by atoms with Gasteiger partial charge in [0.15, 0.2) is 0 Å². The van der Waals surface area contributed by atoms with Gasteiger partial charge < -0.3 is 10.1 Å². The summed E-state index contributed by atoms with van der Waals surface area (Å²) in [5.41, 5.74) is 0.924. The lowest BCUT2D eigenvalue weighted by Crippen LogP contribution is -2.29. The van der Waals surface area contributed by atoms with Gasteiger partial charge in [0.05, 0.1) is 12.8 Å². The molecule has 0 bridgehead atoms. The topological polar surface area (TPSA) is 56.1 Å². The van der Waals surface area contributed by atoms with Crippen LogP contribution in [0.15, 0.2) is 12.3 Å². The third kappa shape index (κ3) is 4.36. The number of nitrogens with one attached hydrogen (secondary N) is 1. The Kier molecular flexibility index (Phi) is 5.44. The van der Waals surface area contributed by atoms with Crippen LogP contribution in [0.2, 0.25) is 0 Å². The highest BCUT2D eigenvalue weighted by atomic mass is 35.5. The quantitative estimate of drug-likeness (QED) is 0.619. The predicted molar refractivity (Wildman–Crippen MR) is 66.0 cm³/mol. The average molecular weight is 260 g/mol. The number of hydrogen-bond donors (Lipinski definition) is 1. The van der Waals surface area contributed by atoms with E-state index in [4.69, 9.17) is 11.6 Å². The minimum absolute atomic E-state index is 0.347. The number of carbonyl (C=O) groups excluding carboxylic acids is 1. The summed E-state index contributed by atoms with van der Waals surface area (Å²) in [5, 5.41) is 6.77. The summed E-state index contributed by atoms with van der Waals surface area (Å²) in [7, 11) is 1.32. The normalized spacial score (nSPS) is 12.8. The van der Waals surface area contributed by atoms with Crippen LogP contribution in [0, 0.1) is 0 Å². The van der Waals surface area contributed by atoms with Gasteiger partial charge in [-0.3, -0.25) is 9.48 Å². The summed E-state index contributed by atoms with van der Waals surface area (Å²) < 4.78 is 6.40. The number of nitrogens with zero attached hydrogens (tertiary/aromatic N) is 2. The molecule has 1 heterocycles. The maximum Gasteiger partial charge on any atom is 0.325 e. The first-order chi connectivity index (χ1) is 8.04. The first-order valence-corrected chi connectivity index (χ1v) is 5.95. The Morgan fingerprint density at radius 1 is 1.65 bits per heavy atom. The zero-order chi connectivity index (χ0) is 12.8. The van der Waals surface area contributed by atoms with E-state index in [1.165, 1.54) is 7.11 Å². The zero-order valence-electron chi connectivity index (χ0n) is 10.3. The van der Waals surface area contributed by atoms with E-state index in [0.717, 1.165) is 5.69 Å². The highest BCUT2D eigenvalue weighted by Crippen LogP contribution is 2.04. The maximum absolute atomic E-state index is 11.0. The second-order valence-corrected chi connectivity index (χ2v) is 4.53. The van der Waals surface area contributed by atoms with Crippen molar-refractivity contribution < 1.29 is 9.53 Å². The second kappa shape index (κ2) is 6.61. The van der Waals surface area contributed by atoms with Crippen molar-refractivity contribution >= 4 is 17.6 Å². The molecule has 0 aliphatic carbocycles. The molecule has 0 radical (unpaired) electrons. The number of esters is 1. The van der Waals surface area contributed by atoms with Crippen LogP contribution in [0.1, 0.15) is 25.6 Å². The van der Waals surface area contributed by atoms with Crippen molar-refractivity contribution in [3.05, 3.63) is 18.0 Å². The Labute approximate surface area is 106 Å². The molecule has 0 fully saturated rings. The summed E-state index contributed by atoms with van der Waals surface area (Å²) in [4.78, 5) is 11.0. The lowest BCUT2D eigenvalue weighted by atomic mass is 10.4. The summed E-state index contributed by atoms with van der Waals surface area (Å²) in [5.74, 6) is -0.424. The van der Waals surface area contributed by atoms with Gasteiger partial charge in [0.2, 0.25) is 0 Å². The largest absolute Gasteiger partial charge is 0.468 e. The van der Waals surface area contributed by atoms with Crippen molar-refractivity contribution in [2.75, 3.05) is 13.7 Å². The molecule has 96 valence electrons. The van der Waals surface area contributed by atoms with Gasteiger partial charge in [-0.1, -0.05) is 0 Å².